The van der Waals surface area contributed by atoms with E-state index in [1.165, 1.54) is 0 Å². The van der Waals surface area contributed by atoms with E-state index in [-0.39, 0.29) is 18.1 Å². The standard InChI is InChI=1S/C13H19NO2/c1-4-14(5-2)13(16)9-11-7-6-10(3)8-12(11)15/h6-8,15H,4-5,9H2,1-3H3. The third-order valence-electron chi connectivity index (χ3n) is 2.70. The Labute approximate surface area is 96.7 Å². The van der Waals surface area contributed by atoms with Crippen molar-refractivity contribution in [3.63, 3.8) is 0 Å². The normalized spacial score (nSPS) is 10.2. The number of aryl methyl sites for hydroxylation is 1. The van der Waals surface area contributed by atoms with Gasteiger partial charge in [0.1, 0.15) is 5.75 Å². The van der Waals surface area contributed by atoms with Crippen molar-refractivity contribution in [1.82, 2.24) is 4.90 Å². The zero-order valence-corrected chi connectivity index (χ0v) is 10.2. The SMILES string of the molecule is CCN(CC)C(=O)Cc1ccc(C)cc1O. The van der Waals surface area contributed by atoms with Crippen molar-refractivity contribution in [1.29, 1.82) is 0 Å². The topological polar surface area (TPSA) is 40.5 Å². The Bertz CT molecular complexity index is 370. The van der Waals surface area contributed by atoms with Crippen LogP contribution < -0.4 is 0 Å². The highest BCUT2D eigenvalue weighted by Crippen LogP contribution is 2.19. The molecule has 88 valence electrons. The van der Waals surface area contributed by atoms with Crippen LogP contribution >= 0.6 is 0 Å². The molecular formula is C13H19NO2. The van der Waals surface area contributed by atoms with Crippen molar-refractivity contribution in [2.24, 2.45) is 0 Å². The van der Waals surface area contributed by atoms with Crippen molar-refractivity contribution >= 4 is 5.91 Å². The van der Waals surface area contributed by atoms with Crippen LogP contribution in [0.2, 0.25) is 0 Å². The first-order valence-electron chi connectivity index (χ1n) is 5.64. The summed E-state index contributed by atoms with van der Waals surface area (Å²) in [7, 11) is 0. The van der Waals surface area contributed by atoms with Crippen LogP contribution in [-0.2, 0) is 11.2 Å². The number of amides is 1. The number of nitrogens with zero attached hydrogens (tertiary/aromatic N) is 1. The summed E-state index contributed by atoms with van der Waals surface area (Å²) in [5.41, 5.74) is 1.69. The van der Waals surface area contributed by atoms with Gasteiger partial charge in [0.25, 0.3) is 0 Å². The van der Waals surface area contributed by atoms with Gasteiger partial charge in [-0.2, -0.15) is 0 Å². The molecule has 0 atom stereocenters. The lowest BCUT2D eigenvalue weighted by atomic mass is 10.1. The zero-order valence-electron chi connectivity index (χ0n) is 10.2. The fourth-order valence-corrected chi connectivity index (χ4v) is 1.67. The van der Waals surface area contributed by atoms with Gasteiger partial charge in [0.05, 0.1) is 6.42 Å². The summed E-state index contributed by atoms with van der Waals surface area (Å²) >= 11 is 0. The molecule has 0 aromatic heterocycles. The maximum atomic E-state index is 11.8. The Morgan fingerprint density at radius 3 is 2.44 bits per heavy atom. The van der Waals surface area contributed by atoms with E-state index in [4.69, 9.17) is 0 Å². The van der Waals surface area contributed by atoms with Crippen molar-refractivity contribution in [2.75, 3.05) is 13.1 Å². The lowest BCUT2D eigenvalue weighted by Crippen LogP contribution is -2.31. The monoisotopic (exact) mass is 221 g/mol. The average molecular weight is 221 g/mol. The number of rotatable bonds is 4. The van der Waals surface area contributed by atoms with E-state index in [0.717, 1.165) is 5.56 Å². The Hall–Kier alpha value is -1.51. The Morgan fingerprint density at radius 1 is 1.31 bits per heavy atom. The van der Waals surface area contributed by atoms with E-state index < -0.39 is 0 Å². The van der Waals surface area contributed by atoms with E-state index in [1.807, 2.05) is 32.9 Å². The van der Waals surface area contributed by atoms with Crippen molar-refractivity contribution in [3.8, 4) is 5.75 Å². The molecule has 0 unspecified atom stereocenters. The quantitative estimate of drug-likeness (QED) is 0.846. The van der Waals surface area contributed by atoms with Crippen LogP contribution in [0.1, 0.15) is 25.0 Å². The van der Waals surface area contributed by atoms with Gasteiger partial charge in [0.2, 0.25) is 5.91 Å². The van der Waals surface area contributed by atoms with Crippen molar-refractivity contribution in [3.05, 3.63) is 29.3 Å². The molecule has 0 aliphatic heterocycles. The third kappa shape index (κ3) is 2.99. The molecule has 1 aromatic carbocycles. The smallest absolute Gasteiger partial charge is 0.227 e. The molecule has 1 aromatic rings. The molecule has 16 heavy (non-hydrogen) atoms. The molecule has 0 aliphatic rings. The first-order valence-corrected chi connectivity index (χ1v) is 5.64. The Morgan fingerprint density at radius 2 is 1.94 bits per heavy atom. The lowest BCUT2D eigenvalue weighted by molar-refractivity contribution is -0.130. The molecule has 1 N–H and O–H groups in total. The van der Waals surface area contributed by atoms with E-state index in [1.54, 1.807) is 11.0 Å². The number of likely N-dealkylation sites (N-methyl/N-ethyl adjacent to an activating group) is 1. The number of aromatic hydroxyl groups is 1. The van der Waals surface area contributed by atoms with Gasteiger partial charge in [0, 0.05) is 18.7 Å². The highest BCUT2D eigenvalue weighted by atomic mass is 16.3. The van der Waals surface area contributed by atoms with Gasteiger partial charge in [-0.15, -0.1) is 0 Å². The summed E-state index contributed by atoms with van der Waals surface area (Å²) in [5.74, 6) is 0.268. The molecule has 0 bridgehead atoms. The molecule has 1 amide bonds. The molecule has 0 aliphatic carbocycles. The second kappa shape index (κ2) is 5.54. The van der Waals surface area contributed by atoms with E-state index in [9.17, 15) is 9.90 Å². The number of carbonyl (C=O) groups excluding carboxylic acids is 1. The molecule has 0 saturated heterocycles. The van der Waals surface area contributed by atoms with E-state index >= 15 is 0 Å². The van der Waals surface area contributed by atoms with E-state index in [0.29, 0.717) is 18.7 Å². The zero-order chi connectivity index (χ0) is 12.1. The van der Waals surface area contributed by atoms with Crippen LogP contribution in [-0.4, -0.2) is 29.0 Å². The lowest BCUT2D eigenvalue weighted by Gasteiger charge is -2.18. The minimum atomic E-state index is 0.0594. The molecule has 3 nitrogen and oxygen atoms in total. The Kier molecular flexibility index (Phi) is 4.35. The molecule has 0 fully saturated rings. The highest BCUT2D eigenvalue weighted by molar-refractivity contribution is 5.79. The van der Waals surface area contributed by atoms with Crippen LogP contribution in [0.25, 0.3) is 0 Å². The van der Waals surface area contributed by atoms with Crippen LogP contribution in [0, 0.1) is 6.92 Å². The van der Waals surface area contributed by atoms with Gasteiger partial charge in [-0.3, -0.25) is 4.79 Å². The van der Waals surface area contributed by atoms with Crippen molar-refractivity contribution < 1.29 is 9.90 Å². The van der Waals surface area contributed by atoms with Gasteiger partial charge in [0.15, 0.2) is 0 Å². The highest BCUT2D eigenvalue weighted by Gasteiger charge is 2.12. The predicted molar refractivity (Wildman–Crippen MR) is 64.5 cm³/mol. The third-order valence-corrected chi connectivity index (χ3v) is 2.70. The summed E-state index contributed by atoms with van der Waals surface area (Å²) in [6.07, 6.45) is 0.272. The molecule has 0 spiro atoms. The summed E-state index contributed by atoms with van der Waals surface area (Å²) < 4.78 is 0. The molecule has 0 saturated carbocycles. The second-order valence-corrected chi connectivity index (χ2v) is 3.87. The summed E-state index contributed by atoms with van der Waals surface area (Å²) in [6, 6.07) is 5.40. The maximum absolute atomic E-state index is 11.8. The number of carbonyl (C=O) groups is 1. The number of hydrogen-bond donors (Lipinski definition) is 1. The van der Waals surface area contributed by atoms with Crippen LogP contribution in [0.4, 0.5) is 0 Å². The number of benzene rings is 1. The summed E-state index contributed by atoms with van der Waals surface area (Å²) in [5, 5.41) is 9.70. The minimum Gasteiger partial charge on any atom is -0.508 e. The predicted octanol–water partition coefficient (Wildman–Crippen LogP) is 2.11. The summed E-state index contributed by atoms with van der Waals surface area (Å²) in [6.45, 7) is 7.24. The largest absolute Gasteiger partial charge is 0.508 e. The first-order chi connectivity index (χ1) is 7.58. The molecule has 1 rings (SSSR count). The van der Waals surface area contributed by atoms with Gasteiger partial charge in [-0.25, -0.2) is 0 Å². The number of phenols is 1. The minimum absolute atomic E-state index is 0.0594. The molecule has 3 heteroatoms. The average Bonchev–Trinajstić information content (AvgIpc) is 2.24. The van der Waals surface area contributed by atoms with Crippen LogP contribution in [0.15, 0.2) is 18.2 Å². The van der Waals surface area contributed by atoms with Crippen LogP contribution in [0.3, 0.4) is 0 Å². The Balaban J connectivity index is 2.76. The van der Waals surface area contributed by atoms with E-state index in [2.05, 4.69) is 0 Å². The fourth-order valence-electron chi connectivity index (χ4n) is 1.67. The second-order valence-electron chi connectivity index (χ2n) is 3.87. The van der Waals surface area contributed by atoms with Gasteiger partial charge in [-0.1, -0.05) is 12.1 Å². The van der Waals surface area contributed by atoms with Gasteiger partial charge >= 0.3 is 0 Å². The van der Waals surface area contributed by atoms with Crippen LogP contribution in [0.5, 0.6) is 5.75 Å². The molecule has 0 radical (unpaired) electrons. The number of hydrogen-bond acceptors (Lipinski definition) is 2. The molecule has 0 heterocycles. The molecular weight excluding hydrogens is 202 g/mol. The fraction of sp³-hybridized carbons (Fsp3) is 0.462. The number of phenolic OH excluding ortho intramolecular Hbond substituents is 1. The van der Waals surface area contributed by atoms with Gasteiger partial charge < -0.3 is 10.0 Å². The maximum Gasteiger partial charge on any atom is 0.227 e. The van der Waals surface area contributed by atoms with Gasteiger partial charge in [-0.05, 0) is 32.4 Å². The first kappa shape index (κ1) is 12.6. The summed E-state index contributed by atoms with van der Waals surface area (Å²) in [4.78, 5) is 13.6. The van der Waals surface area contributed by atoms with Crippen molar-refractivity contribution in [2.45, 2.75) is 27.2 Å².